The Morgan fingerprint density at radius 1 is 1.06 bits per heavy atom. The summed E-state index contributed by atoms with van der Waals surface area (Å²) in [6, 6.07) is 18.7. The molecule has 0 aromatic heterocycles. The van der Waals surface area contributed by atoms with Gasteiger partial charge in [-0.1, -0.05) is 43.3 Å². The van der Waals surface area contributed by atoms with Crippen molar-refractivity contribution in [1.29, 1.82) is 0 Å². The lowest BCUT2D eigenvalue weighted by Gasteiger charge is -2.30. The number of fused-ring (bicyclic) bond motifs is 1. The highest BCUT2D eigenvalue weighted by molar-refractivity contribution is 5.69. The van der Waals surface area contributed by atoms with Gasteiger partial charge in [-0.3, -0.25) is 0 Å². The van der Waals surface area contributed by atoms with E-state index in [1.807, 2.05) is 30.3 Å². The number of halogens is 1. The van der Waals surface area contributed by atoms with Crippen molar-refractivity contribution in [1.82, 2.24) is 0 Å². The van der Waals surface area contributed by atoms with Gasteiger partial charge >= 0.3 is 0 Å². The molecule has 1 heterocycles. The zero-order valence-electron chi connectivity index (χ0n) is 19.4. The van der Waals surface area contributed by atoms with Gasteiger partial charge in [0.05, 0.1) is 7.11 Å². The Kier molecular flexibility index (Phi) is 6.03. The molecule has 5 heteroatoms. The van der Waals surface area contributed by atoms with Gasteiger partial charge in [0.15, 0.2) is 0 Å². The number of carboxylic acid groups (broad SMARTS) is 1. The van der Waals surface area contributed by atoms with Crippen LogP contribution in [0.3, 0.4) is 0 Å². The van der Waals surface area contributed by atoms with Crippen LogP contribution < -0.4 is 14.6 Å². The van der Waals surface area contributed by atoms with E-state index in [2.05, 4.69) is 12.1 Å². The van der Waals surface area contributed by atoms with Crippen LogP contribution >= 0.6 is 0 Å². The molecule has 2 aliphatic rings. The minimum Gasteiger partial charge on any atom is -0.550 e. The fourth-order valence-electron chi connectivity index (χ4n) is 5.13. The Balaban J connectivity index is 1.37. The van der Waals surface area contributed by atoms with Crippen LogP contribution in [0.4, 0.5) is 4.39 Å². The minimum absolute atomic E-state index is 0.0451. The number of carboxylic acids is 1. The predicted octanol–water partition coefficient (Wildman–Crippen LogP) is 5.45. The molecule has 1 saturated carbocycles. The Bertz CT molecular complexity index is 1200. The van der Waals surface area contributed by atoms with Gasteiger partial charge < -0.3 is 19.4 Å². The highest BCUT2D eigenvalue weighted by atomic mass is 19.1. The molecular formula is C29H28FO4-. The Morgan fingerprint density at radius 3 is 2.50 bits per heavy atom. The monoisotopic (exact) mass is 459 g/mol. The van der Waals surface area contributed by atoms with E-state index in [9.17, 15) is 14.3 Å². The van der Waals surface area contributed by atoms with Crippen LogP contribution in [0.5, 0.6) is 11.5 Å². The van der Waals surface area contributed by atoms with Crippen molar-refractivity contribution in [2.45, 2.75) is 44.6 Å². The molecule has 0 radical (unpaired) electrons. The summed E-state index contributed by atoms with van der Waals surface area (Å²) in [5.41, 5.74) is 4.47. The first kappa shape index (κ1) is 22.5. The van der Waals surface area contributed by atoms with E-state index in [-0.39, 0.29) is 17.8 Å². The number of hydrogen-bond acceptors (Lipinski definition) is 4. The molecule has 3 atom stereocenters. The number of rotatable bonds is 7. The van der Waals surface area contributed by atoms with Crippen LogP contribution in [0.15, 0.2) is 60.7 Å². The Hall–Kier alpha value is -3.34. The number of methoxy groups -OCH3 is 1. The van der Waals surface area contributed by atoms with Crippen LogP contribution in [-0.2, 0) is 11.2 Å². The second-order valence-electron chi connectivity index (χ2n) is 9.45. The lowest BCUT2D eigenvalue weighted by atomic mass is 9.82. The molecule has 3 aromatic rings. The molecule has 1 fully saturated rings. The molecule has 34 heavy (non-hydrogen) atoms. The normalized spacial score (nSPS) is 19.0. The third-order valence-corrected chi connectivity index (χ3v) is 7.23. The summed E-state index contributed by atoms with van der Waals surface area (Å²) in [5.74, 6) is -0.0320. The van der Waals surface area contributed by atoms with Crippen molar-refractivity contribution >= 4 is 5.97 Å². The zero-order valence-corrected chi connectivity index (χ0v) is 19.4. The van der Waals surface area contributed by atoms with Crippen LogP contribution in [0.25, 0.3) is 11.1 Å². The van der Waals surface area contributed by atoms with Crippen molar-refractivity contribution < 1.29 is 23.8 Å². The molecule has 1 aliphatic carbocycles. The fourth-order valence-corrected chi connectivity index (χ4v) is 5.13. The van der Waals surface area contributed by atoms with E-state index in [0.29, 0.717) is 17.2 Å². The third kappa shape index (κ3) is 4.39. The minimum atomic E-state index is -0.999. The van der Waals surface area contributed by atoms with Gasteiger partial charge in [-0.05, 0) is 84.0 Å². The maximum absolute atomic E-state index is 14.4. The SMILES string of the molecule is COc1ccc(F)c(-c2ccc(C3CCc4ccc([C@H](C5CC5)[C@H](C)C(=O)[O-])cc4O3)cc2)c1. The predicted molar refractivity (Wildman–Crippen MR) is 126 cm³/mol. The summed E-state index contributed by atoms with van der Waals surface area (Å²) in [4.78, 5) is 11.6. The van der Waals surface area contributed by atoms with Crippen LogP contribution in [0.1, 0.15) is 54.9 Å². The highest BCUT2D eigenvalue weighted by Gasteiger charge is 2.37. The molecule has 1 unspecified atom stereocenters. The quantitative estimate of drug-likeness (QED) is 0.472. The second kappa shape index (κ2) is 9.13. The number of ether oxygens (including phenoxy) is 2. The molecule has 3 aromatic carbocycles. The first-order valence-electron chi connectivity index (χ1n) is 11.9. The average Bonchev–Trinajstić information content (AvgIpc) is 3.69. The van der Waals surface area contributed by atoms with Crippen molar-refractivity contribution in [2.75, 3.05) is 7.11 Å². The molecule has 4 nitrogen and oxygen atoms in total. The van der Waals surface area contributed by atoms with Crippen molar-refractivity contribution in [3.05, 3.63) is 83.2 Å². The number of hydrogen-bond donors (Lipinski definition) is 0. The van der Waals surface area contributed by atoms with E-state index in [4.69, 9.17) is 9.47 Å². The van der Waals surface area contributed by atoms with Gasteiger partial charge in [0.2, 0.25) is 0 Å². The largest absolute Gasteiger partial charge is 0.550 e. The molecule has 0 amide bonds. The summed E-state index contributed by atoms with van der Waals surface area (Å²) < 4.78 is 26.0. The van der Waals surface area contributed by atoms with Gasteiger partial charge in [0, 0.05) is 17.5 Å². The highest BCUT2D eigenvalue weighted by Crippen LogP contribution is 2.48. The summed E-state index contributed by atoms with van der Waals surface area (Å²) in [6.45, 7) is 1.74. The van der Waals surface area contributed by atoms with Gasteiger partial charge in [-0.25, -0.2) is 4.39 Å². The molecule has 5 rings (SSSR count). The molecule has 0 saturated heterocycles. The molecule has 1 aliphatic heterocycles. The van der Waals surface area contributed by atoms with Gasteiger partial charge in [-0.15, -0.1) is 0 Å². The number of carbonyl (C=O) groups excluding carboxylic acids is 1. The zero-order chi connectivity index (χ0) is 23.8. The molecule has 0 bridgehead atoms. The van der Waals surface area contributed by atoms with Gasteiger partial charge in [-0.2, -0.15) is 0 Å². The summed E-state index contributed by atoms with van der Waals surface area (Å²) in [5, 5.41) is 11.6. The molecular weight excluding hydrogens is 431 g/mol. The van der Waals surface area contributed by atoms with Crippen molar-refractivity contribution in [3.63, 3.8) is 0 Å². The van der Waals surface area contributed by atoms with Crippen LogP contribution in [0, 0.1) is 17.7 Å². The third-order valence-electron chi connectivity index (χ3n) is 7.23. The number of aryl methyl sites for hydroxylation is 1. The first-order valence-corrected chi connectivity index (χ1v) is 11.9. The fraction of sp³-hybridized carbons (Fsp3) is 0.345. The summed E-state index contributed by atoms with van der Waals surface area (Å²) in [7, 11) is 1.57. The van der Waals surface area contributed by atoms with Crippen LogP contribution in [-0.4, -0.2) is 13.1 Å². The lowest BCUT2D eigenvalue weighted by molar-refractivity contribution is -0.311. The number of carbonyl (C=O) groups is 1. The second-order valence-corrected chi connectivity index (χ2v) is 9.45. The molecule has 176 valence electrons. The average molecular weight is 460 g/mol. The maximum Gasteiger partial charge on any atom is 0.131 e. The van der Waals surface area contributed by atoms with E-state index in [1.54, 1.807) is 26.2 Å². The van der Waals surface area contributed by atoms with Crippen molar-refractivity contribution in [2.24, 2.45) is 11.8 Å². The number of benzene rings is 3. The summed E-state index contributed by atoms with van der Waals surface area (Å²) in [6.07, 6.45) is 3.74. The number of aliphatic carboxylic acids is 1. The van der Waals surface area contributed by atoms with E-state index in [1.165, 1.54) is 6.07 Å². The Morgan fingerprint density at radius 2 is 1.82 bits per heavy atom. The topological polar surface area (TPSA) is 58.6 Å². The molecule has 0 N–H and O–H groups in total. The maximum atomic E-state index is 14.4. The lowest BCUT2D eigenvalue weighted by Crippen LogP contribution is -2.34. The summed E-state index contributed by atoms with van der Waals surface area (Å²) >= 11 is 0. The van der Waals surface area contributed by atoms with Gasteiger partial charge in [0.25, 0.3) is 0 Å². The standard InChI is InChI=1S/C29H29FO4/c1-17(29(31)32)28(21-8-9-21)22-10-7-20-11-14-26(34-27(20)15-22)19-5-3-18(4-6-19)24-16-23(33-2)12-13-25(24)30/h3-7,10,12-13,15-17,21,26,28H,8-9,11,14H2,1-2H3,(H,31,32)/p-1/t17-,26?,28-/m0/s1. The molecule has 0 spiro atoms. The first-order chi connectivity index (χ1) is 16.4. The van der Waals surface area contributed by atoms with Crippen LogP contribution in [0.2, 0.25) is 0 Å². The van der Waals surface area contributed by atoms with Crippen molar-refractivity contribution in [3.8, 4) is 22.6 Å². The smallest absolute Gasteiger partial charge is 0.131 e. The Labute approximate surface area is 199 Å². The van der Waals surface area contributed by atoms with E-state index in [0.717, 1.165) is 53.7 Å². The van der Waals surface area contributed by atoms with E-state index >= 15 is 0 Å². The van der Waals surface area contributed by atoms with E-state index < -0.39 is 11.9 Å². The van der Waals surface area contributed by atoms with Gasteiger partial charge in [0.1, 0.15) is 23.4 Å².